The summed E-state index contributed by atoms with van der Waals surface area (Å²) in [7, 11) is 0. The van der Waals surface area contributed by atoms with Crippen LogP contribution < -0.4 is 0 Å². The van der Waals surface area contributed by atoms with Gasteiger partial charge in [-0.15, -0.1) is 11.6 Å². The number of halogens is 5. The summed E-state index contributed by atoms with van der Waals surface area (Å²) < 4.78 is 48.5. The topological polar surface area (TPSA) is 34.1 Å². The first-order valence-electron chi connectivity index (χ1n) is 4.28. The van der Waals surface area contributed by atoms with E-state index in [1.54, 1.807) is 0 Å². The summed E-state index contributed by atoms with van der Waals surface area (Å²) in [6.45, 7) is 0. The van der Waals surface area contributed by atoms with Gasteiger partial charge in [0.05, 0.1) is 0 Å². The van der Waals surface area contributed by atoms with Gasteiger partial charge >= 0.3 is 6.18 Å². The largest absolute Gasteiger partial charge is 0.452 e. The fourth-order valence-corrected chi connectivity index (χ4v) is 1.27. The zero-order valence-corrected chi connectivity index (χ0v) is 8.85. The first kappa shape index (κ1) is 13.6. The third kappa shape index (κ3) is 3.26. The predicted octanol–water partition coefficient (Wildman–Crippen LogP) is 2.75. The van der Waals surface area contributed by atoms with Gasteiger partial charge in [0, 0.05) is 5.56 Å². The third-order valence-electron chi connectivity index (χ3n) is 1.87. The van der Waals surface area contributed by atoms with Crippen molar-refractivity contribution in [3.63, 3.8) is 0 Å². The summed E-state index contributed by atoms with van der Waals surface area (Å²) in [6.07, 6.45) is -5.18. The molecular formula is C10H5ClF4O2. The maximum atomic E-state index is 12.5. The fourth-order valence-electron chi connectivity index (χ4n) is 1.02. The minimum absolute atomic E-state index is 0.260. The van der Waals surface area contributed by atoms with Gasteiger partial charge in [0.15, 0.2) is 11.2 Å². The van der Waals surface area contributed by atoms with Gasteiger partial charge in [0.2, 0.25) is 0 Å². The van der Waals surface area contributed by atoms with Gasteiger partial charge in [-0.25, -0.2) is 4.39 Å². The molecular weight excluding hydrogens is 264 g/mol. The van der Waals surface area contributed by atoms with Crippen molar-refractivity contribution in [3.05, 3.63) is 35.6 Å². The van der Waals surface area contributed by atoms with Crippen molar-refractivity contribution in [2.45, 2.75) is 11.6 Å². The molecule has 0 amide bonds. The fraction of sp³-hybridized carbons (Fsp3) is 0.200. The van der Waals surface area contributed by atoms with Crippen molar-refractivity contribution < 1.29 is 27.2 Å². The van der Waals surface area contributed by atoms with Crippen LogP contribution in [0.5, 0.6) is 0 Å². The molecule has 0 aliphatic heterocycles. The van der Waals surface area contributed by atoms with Crippen LogP contribution in [-0.4, -0.2) is 23.1 Å². The smallest absolute Gasteiger partial charge is 0.292 e. The molecule has 0 spiro atoms. The van der Waals surface area contributed by atoms with Gasteiger partial charge in [-0.1, -0.05) is 0 Å². The summed E-state index contributed by atoms with van der Waals surface area (Å²) in [5.74, 6) is -4.21. The molecule has 1 aromatic rings. The number of carbonyl (C=O) groups is 2. The average Bonchev–Trinajstić information content (AvgIpc) is 2.26. The minimum atomic E-state index is -5.18. The number of Topliss-reactive ketones (excluding diaryl/α,β-unsaturated/α-hetero) is 2. The van der Waals surface area contributed by atoms with E-state index < -0.39 is 28.9 Å². The Labute approximate surface area is 98.2 Å². The molecule has 0 radical (unpaired) electrons. The van der Waals surface area contributed by atoms with Crippen molar-refractivity contribution in [3.8, 4) is 0 Å². The standard InChI is InChI=1S/C10H5ClF4O2/c11-7(9(17)10(13,14)15)8(16)5-1-3-6(12)4-2-5/h1-4,7H/t7-/m1/s1. The van der Waals surface area contributed by atoms with E-state index >= 15 is 0 Å². The Morgan fingerprint density at radius 1 is 1.12 bits per heavy atom. The molecule has 0 aliphatic rings. The molecule has 0 bridgehead atoms. The highest BCUT2D eigenvalue weighted by Gasteiger charge is 2.45. The van der Waals surface area contributed by atoms with E-state index in [4.69, 9.17) is 11.6 Å². The molecule has 0 fully saturated rings. The number of hydrogen-bond acceptors (Lipinski definition) is 2. The number of ketones is 2. The highest BCUT2D eigenvalue weighted by molar-refractivity contribution is 6.45. The van der Waals surface area contributed by atoms with Crippen LogP contribution in [0.4, 0.5) is 17.6 Å². The Hall–Kier alpha value is -1.43. The molecule has 0 unspecified atom stereocenters. The lowest BCUT2D eigenvalue weighted by Gasteiger charge is -2.10. The highest BCUT2D eigenvalue weighted by Crippen LogP contribution is 2.22. The van der Waals surface area contributed by atoms with Crippen LogP contribution in [-0.2, 0) is 4.79 Å². The number of hydrogen-bond donors (Lipinski definition) is 0. The molecule has 1 atom stereocenters. The predicted molar refractivity (Wildman–Crippen MR) is 51.4 cm³/mol. The van der Waals surface area contributed by atoms with Gasteiger partial charge < -0.3 is 0 Å². The molecule has 1 rings (SSSR count). The van der Waals surface area contributed by atoms with Crippen molar-refractivity contribution in [1.29, 1.82) is 0 Å². The molecule has 7 heteroatoms. The molecule has 92 valence electrons. The summed E-state index contributed by atoms with van der Waals surface area (Å²) in [5, 5.41) is -2.35. The average molecular weight is 269 g/mol. The normalized spacial score (nSPS) is 13.2. The van der Waals surface area contributed by atoms with E-state index in [-0.39, 0.29) is 5.56 Å². The van der Waals surface area contributed by atoms with Gasteiger partial charge in [0.25, 0.3) is 5.78 Å². The second kappa shape index (κ2) is 4.83. The highest BCUT2D eigenvalue weighted by atomic mass is 35.5. The Balaban J connectivity index is 2.91. The lowest BCUT2D eigenvalue weighted by Crippen LogP contribution is -2.36. The van der Waals surface area contributed by atoms with Crippen LogP contribution in [0.25, 0.3) is 0 Å². The van der Waals surface area contributed by atoms with Crippen LogP contribution >= 0.6 is 11.6 Å². The van der Waals surface area contributed by atoms with E-state index in [0.717, 1.165) is 24.3 Å². The van der Waals surface area contributed by atoms with Crippen molar-refractivity contribution in [2.75, 3.05) is 0 Å². The zero-order chi connectivity index (χ0) is 13.2. The molecule has 0 N–H and O–H groups in total. The quantitative estimate of drug-likeness (QED) is 0.366. The Bertz CT molecular complexity index is 439. The lowest BCUT2D eigenvalue weighted by molar-refractivity contribution is -0.169. The van der Waals surface area contributed by atoms with Crippen molar-refractivity contribution >= 4 is 23.2 Å². The van der Waals surface area contributed by atoms with Crippen LogP contribution in [0.1, 0.15) is 10.4 Å². The van der Waals surface area contributed by atoms with E-state index in [2.05, 4.69) is 0 Å². The van der Waals surface area contributed by atoms with Crippen LogP contribution in [0, 0.1) is 5.82 Å². The molecule has 0 heterocycles. The molecule has 17 heavy (non-hydrogen) atoms. The zero-order valence-electron chi connectivity index (χ0n) is 8.09. The first-order valence-corrected chi connectivity index (χ1v) is 4.72. The van der Waals surface area contributed by atoms with E-state index in [1.165, 1.54) is 0 Å². The second-order valence-electron chi connectivity index (χ2n) is 3.10. The third-order valence-corrected chi connectivity index (χ3v) is 2.26. The van der Waals surface area contributed by atoms with Crippen molar-refractivity contribution in [2.24, 2.45) is 0 Å². The first-order chi connectivity index (χ1) is 7.73. The summed E-state index contributed by atoms with van der Waals surface area (Å²) in [4.78, 5) is 22.1. The molecule has 0 aromatic heterocycles. The Morgan fingerprint density at radius 3 is 2.00 bits per heavy atom. The van der Waals surface area contributed by atoms with Crippen LogP contribution in [0.2, 0.25) is 0 Å². The number of alkyl halides is 4. The van der Waals surface area contributed by atoms with Gasteiger partial charge in [0.1, 0.15) is 5.82 Å². The number of rotatable bonds is 3. The lowest BCUT2D eigenvalue weighted by atomic mass is 10.1. The summed E-state index contributed by atoms with van der Waals surface area (Å²) in [5.41, 5.74) is -0.260. The van der Waals surface area contributed by atoms with Gasteiger partial charge in [-0.05, 0) is 24.3 Å². The summed E-state index contributed by atoms with van der Waals surface area (Å²) in [6, 6.07) is 3.68. The molecule has 1 aromatic carbocycles. The van der Waals surface area contributed by atoms with Gasteiger partial charge in [-0.2, -0.15) is 13.2 Å². The van der Waals surface area contributed by atoms with Crippen LogP contribution in [0.15, 0.2) is 24.3 Å². The molecule has 0 aliphatic carbocycles. The Morgan fingerprint density at radius 2 is 1.59 bits per heavy atom. The van der Waals surface area contributed by atoms with Gasteiger partial charge in [-0.3, -0.25) is 9.59 Å². The SMILES string of the molecule is O=C(c1ccc(F)cc1)[C@@H](Cl)C(=O)C(F)(F)F. The molecule has 0 saturated carbocycles. The summed E-state index contributed by atoms with van der Waals surface area (Å²) >= 11 is 5.13. The maximum Gasteiger partial charge on any atom is 0.452 e. The van der Waals surface area contributed by atoms with E-state index in [9.17, 15) is 27.2 Å². The van der Waals surface area contributed by atoms with Crippen LogP contribution in [0.3, 0.4) is 0 Å². The minimum Gasteiger partial charge on any atom is -0.292 e. The molecule has 2 nitrogen and oxygen atoms in total. The molecule has 0 saturated heterocycles. The second-order valence-corrected chi connectivity index (χ2v) is 3.53. The van der Waals surface area contributed by atoms with E-state index in [0.29, 0.717) is 0 Å². The maximum absolute atomic E-state index is 12.5. The number of benzene rings is 1. The Kier molecular flexibility index (Phi) is 3.87. The monoisotopic (exact) mass is 268 g/mol. The van der Waals surface area contributed by atoms with Crippen molar-refractivity contribution in [1.82, 2.24) is 0 Å². The number of carbonyl (C=O) groups excluding carboxylic acids is 2. The van der Waals surface area contributed by atoms with E-state index in [1.807, 2.05) is 0 Å².